The molecule has 2 heterocycles. The molecule has 0 fully saturated rings. The number of anilines is 1. The van der Waals surface area contributed by atoms with Crippen molar-refractivity contribution >= 4 is 79.3 Å². The summed E-state index contributed by atoms with van der Waals surface area (Å²) in [4.78, 5) is 36.4. The van der Waals surface area contributed by atoms with Gasteiger partial charge in [-0.2, -0.15) is 23.9 Å². The number of nitrogens with zero attached hydrogens (tertiary/aromatic N) is 4. The molecule has 3 aromatic rings. The van der Waals surface area contributed by atoms with Gasteiger partial charge in [-0.05, 0) is 48.4 Å². The summed E-state index contributed by atoms with van der Waals surface area (Å²) in [5, 5.41) is 49.2. The first-order valence-electron chi connectivity index (χ1n) is 12.6. The third-order valence-electron chi connectivity index (χ3n) is 6.13. The third-order valence-corrected chi connectivity index (χ3v) is 9.07. The van der Waals surface area contributed by atoms with Crippen molar-refractivity contribution in [2.45, 2.75) is 33.4 Å². The average molecular weight is 756 g/mol. The Morgan fingerprint density at radius 3 is 2.16 bits per heavy atom. The van der Waals surface area contributed by atoms with Gasteiger partial charge in [0, 0.05) is 24.3 Å². The molecule has 0 bridgehead atoms. The van der Waals surface area contributed by atoms with Crippen molar-refractivity contribution in [3.8, 4) is 11.6 Å². The number of amides is 1. The molecule has 1 aliphatic rings. The fraction of sp³-hybridized carbons (Fsp3) is 0.0800. The van der Waals surface area contributed by atoms with Gasteiger partial charge >= 0.3 is 0 Å². The minimum absolute atomic E-state index is 0.0582. The van der Waals surface area contributed by atoms with Crippen LogP contribution in [0.3, 0.4) is 0 Å². The maximum atomic E-state index is 13.5. The van der Waals surface area contributed by atoms with E-state index in [2.05, 4.69) is 28.9 Å². The van der Waals surface area contributed by atoms with Gasteiger partial charge in [-0.15, -0.1) is 0 Å². The fourth-order valence-corrected chi connectivity index (χ4v) is 6.11. The molecular weight excluding hydrogens is 741 g/mol. The molecule has 20 nitrogen and oxygen atoms in total. The highest BCUT2D eigenvalue weighted by Crippen LogP contribution is 2.38. The lowest BCUT2D eigenvalue weighted by Crippen LogP contribution is -2.22. The number of ketones is 2. The maximum Gasteiger partial charge on any atom is 0.281 e. The summed E-state index contributed by atoms with van der Waals surface area (Å²) in [6, 6.07) is 5.39. The largest absolute Gasteiger partial charge is 0.858 e. The molecule has 0 N–H and O–H groups in total. The highest BCUT2D eigenvalue weighted by molar-refractivity contribution is 7.95. The SMILES string of the molecule is CC(=O)C1=NN(c2cc(SOO[O-])ccc2SOO[O-])C(=O)/C1=C\C=C\c1c(C(C)=O)nn(-c2cc(S(=O)(=O)[O-])ccc2S(=O)(=O)[O-])c1[O-]. The second-order valence-electron chi connectivity index (χ2n) is 9.20. The van der Waals surface area contributed by atoms with Gasteiger partial charge < -0.3 is 24.7 Å². The molecule has 1 amide bonds. The molecule has 49 heavy (non-hydrogen) atoms. The summed E-state index contributed by atoms with van der Waals surface area (Å²) in [5.41, 5.74) is -2.89. The van der Waals surface area contributed by atoms with Crippen molar-refractivity contribution in [1.82, 2.24) is 9.78 Å². The summed E-state index contributed by atoms with van der Waals surface area (Å²) in [6.45, 7) is 2.05. The molecule has 260 valence electrons. The Hall–Kier alpha value is -4.31. The highest BCUT2D eigenvalue weighted by atomic mass is 32.2. The van der Waals surface area contributed by atoms with Gasteiger partial charge in [-0.25, -0.2) is 21.5 Å². The first-order valence-corrected chi connectivity index (χ1v) is 16.9. The Bertz CT molecular complexity index is 2160. The number of rotatable bonds is 14. The van der Waals surface area contributed by atoms with Gasteiger partial charge in [-0.1, -0.05) is 12.2 Å². The molecule has 2 aromatic carbocycles. The Morgan fingerprint density at radius 2 is 1.57 bits per heavy atom. The van der Waals surface area contributed by atoms with E-state index in [1.807, 2.05) is 0 Å². The molecule has 0 spiro atoms. The molecule has 0 atom stereocenters. The van der Waals surface area contributed by atoms with Crippen molar-refractivity contribution in [2.24, 2.45) is 5.10 Å². The Morgan fingerprint density at radius 1 is 0.898 bits per heavy atom. The summed E-state index contributed by atoms with van der Waals surface area (Å²) < 4.78 is 79.2. The highest BCUT2D eigenvalue weighted by Gasteiger charge is 2.34. The number of hydrazone groups is 1. The van der Waals surface area contributed by atoms with Gasteiger partial charge in [0.1, 0.15) is 31.6 Å². The number of hydrogen-bond donors (Lipinski definition) is 0. The van der Waals surface area contributed by atoms with Gasteiger partial charge in [0.2, 0.25) is 0 Å². The van der Waals surface area contributed by atoms with E-state index in [4.69, 9.17) is 0 Å². The molecule has 4 rings (SSSR count). The van der Waals surface area contributed by atoms with Crippen LogP contribution in [0.1, 0.15) is 29.9 Å². The van der Waals surface area contributed by atoms with Crippen LogP contribution >= 0.6 is 24.1 Å². The van der Waals surface area contributed by atoms with Crippen molar-refractivity contribution in [2.75, 3.05) is 5.01 Å². The van der Waals surface area contributed by atoms with E-state index in [0.717, 1.165) is 37.1 Å². The van der Waals surface area contributed by atoms with Crippen LogP contribution in [0.4, 0.5) is 5.69 Å². The van der Waals surface area contributed by atoms with Crippen LogP contribution in [-0.2, 0) is 48.6 Å². The van der Waals surface area contributed by atoms with E-state index in [0.29, 0.717) is 42.3 Å². The normalized spacial score (nSPS) is 14.7. The monoisotopic (exact) mass is 755 g/mol. The second kappa shape index (κ2) is 15.1. The zero-order valence-electron chi connectivity index (χ0n) is 24.1. The number of aromatic nitrogens is 2. The van der Waals surface area contributed by atoms with Crippen molar-refractivity contribution in [1.29, 1.82) is 0 Å². The number of benzene rings is 2. The Labute approximate surface area is 283 Å². The van der Waals surface area contributed by atoms with Crippen LogP contribution in [-0.4, -0.2) is 58.9 Å². The topological polar surface area (TPSA) is 305 Å². The van der Waals surface area contributed by atoms with Crippen molar-refractivity contribution < 1.29 is 74.7 Å². The first-order chi connectivity index (χ1) is 23.0. The molecule has 1 aromatic heterocycles. The molecule has 0 saturated heterocycles. The van der Waals surface area contributed by atoms with Gasteiger partial charge in [0.15, 0.2) is 11.6 Å². The molecule has 24 heteroatoms. The number of Topliss-reactive ketones (excluding diaryl/α,β-unsaturated/α-hetero) is 2. The summed E-state index contributed by atoms with van der Waals surface area (Å²) in [6.07, 6.45) is 3.00. The van der Waals surface area contributed by atoms with Crippen LogP contribution in [0.5, 0.6) is 5.88 Å². The lowest BCUT2D eigenvalue weighted by Gasteiger charge is -2.19. The van der Waals surface area contributed by atoms with E-state index in [-0.39, 0.29) is 25.7 Å². The summed E-state index contributed by atoms with van der Waals surface area (Å²) in [7, 11) is -10.6. The van der Waals surface area contributed by atoms with Crippen LogP contribution in [0, 0.1) is 0 Å². The van der Waals surface area contributed by atoms with Crippen LogP contribution in [0.15, 0.2) is 78.8 Å². The minimum Gasteiger partial charge on any atom is -0.858 e. The summed E-state index contributed by atoms with van der Waals surface area (Å²) in [5.74, 6) is -3.74. The van der Waals surface area contributed by atoms with Gasteiger partial charge in [0.05, 0.1) is 55.7 Å². The van der Waals surface area contributed by atoms with Crippen molar-refractivity contribution in [3.63, 3.8) is 0 Å². The lowest BCUT2D eigenvalue weighted by atomic mass is 10.1. The van der Waals surface area contributed by atoms with E-state index in [1.54, 1.807) is 0 Å². The minimum atomic E-state index is -5.38. The van der Waals surface area contributed by atoms with E-state index >= 15 is 0 Å². The van der Waals surface area contributed by atoms with Crippen LogP contribution in [0.2, 0.25) is 0 Å². The fourth-order valence-electron chi connectivity index (χ4n) is 4.14. The molecule has 0 radical (unpaired) electrons. The summed E-state index contributed by atoms with van der Waals surface area (Å²) >= 11 is 0.800. The predicted octanol–water partition coefficient (Wildman–Crippen LogP) is -0.651. The smallest absolute Gasteiger partial charge is 0.281 e. The van der Waals surface area contributed by atoms with E-state index < -0.39 is 76.0 Å². The Kier molecular flexibility index (Phi) is 11.5. The zero-order chi connectivity index (χ0) is 36.3. The third kappa shape index (κ3) is 8.29. The molecule has 0 saturated carbocycles. The molecule has 0 unspecified atom stereocenters. The lowest BCUT2D eigenvalue weighted by molar-refractivity contribution is -0.777. The van der Waals surface area contributed by atoms with E-state index in [1.165, 1.54) is 18.2 Å². The molecule has 1 aliphatic heterocycles. The average Bonchev–Trinajstić information content (AvgIpc) is 3.54. The van der Waals surface area contributed by atoms with Crippen molar-refractivity contribution in [3.05, 3.63) is 65.4 Å². The second-order valence-corrected chi connectivity index (χ2v) is 13.4. The number of carbonyl (C=O) groups excluding carboxylic acids is 3. The maximum absolute atomic E-state index is 13.5. The predicted molar refractivity (Wildman–Crippen MR) is 154 cm³/mol. The quantitative estimate of drug-likeness (QED) is 0.0493. The number of hydrogen-bond acceptors (Lipinski definition) is 20. The molecular formula is C25H15N4O16S4-5. The standard InChI is InChI=1S/C25H20N4O16S4/c1-12(30)22-16(24(32)28(26-22)18-10-14(46-44-42-34)6-8-20(18)47-45-43-35)4-3-5-17-23(13(2)31)27-29(25(17)33)19-11-15(48(36,37)38)7-9-21(19)49(39,40)41/h3-11,33-35H,1-2H3,(H,36,37,38)(H,39,40,41)/p-5/b5-3+,16-4-. The molecule has 0 aliphatic carbocycles. The zero-order valence-corrected chi connectivity index (χ0v) is 27.4. The van der Waals surface area contributed by atoms with Gasteiger partial charge in [0.25, 0.3) is 5.91 Å². The van der Waals surface area contributed by atoms with Crippen LogP contribution in [0.25, 0.3) is 11.8 Å². The Balaban J connectivity index is 1.81. The van der Waals surface area contributed by atoms with Gasteiger partial charge in [-0.3, -0.25) is 24.5 Å². The van der Waals surface area contributed by atoms with E-state index in [9.17, 15) is 55.9 Å². The number of carbonyl (C=O) groups is 3. The van der Waals surface area contributed by atoms with Crippen LogP contribution < -0.4 is 20.6 Å². The first kappa shape index (κ1) is 37.5. The number of allylic oxidation sites excluding steroid dienone is 2.